The smallest absolute Gasteiger partial charge is 0.450 e. The van der Waals surface area contributed by atoms with E-state index in [1.807, 2.05) is 0 Å². The number of aromatic nitrogens is 3. The Labute approximate surface area is 149 Å². The summed E-state index contributed by atoms with van der Waals surface area (Å²) in [5, 5.41) is 9.60. The number of aromatic hydroxyl groups is 1. The monoisotopic (exact) mass is 381 g/mol. The molecule has 0 spiro atoms. The minimum absolute atomic E-state index is 0.129. The number of hydrogen-bond donors (Lipinski definition) is 1. The molecule has 1 aliphatic carbocycles. The molecule has 1 aliphatic rings. The van der Waals surface area contributed by atoms with Gasteiger partial charge in [0, 0.05) is 4.88 Å². The van der Waals surface area contributed by atoms with Gasteiger partial charge < -0.3 is 5.11 Å². The van der Waals surface area contributed by atoms with Gasteiger partial charge in [-0.3, -0.25) is 4.79 Å². The summed E-state index contributed by atoms with van der Waals surface area (Å²) in [5.74, 6) is -1.72. The number of aryl methyl sites for hydroxylation is 2. The topological polar surface area (TPSA) is 68.0 Å². The van der Waals surface area contributed by atoms with Crippen molar-refractivity contribution in [1.29, 1.82) is 0 Å². The van der Waals surface area contributed by atoms with Gasteiger partial charge in [0.25, 0.3) is 5.56 Å². The fourth-order valence-corrected chi connectivity index (χ4v) is 4.55. The standard InChI is InChI=1S/C17H14F3N3O2S/c18-17(19,20)16-22-14-13(10-4-2-1-3-5-11(10)26-14)15(25)23(16)12-7-6-9(24)8-21-12/h6-8,24H,1-5H2. The quantitative estimate of drug-likeness (QED) is 0.651. The van der Waals surface area contributed by atoms with Crippen LogP contribution in [-0.2, 0) is 19.0 Å². The maximum Gasteiger partial charge on any atom is 0.450 e. The van der Waals surface area contributed by atoms with E-state index >= 15 is 0 Å². The van der Waals surface area contributed by atoms with E-state index < -0.39 is 17.6 Å². The molecule has 1 N–H and O–H groups in total. The minimum atomic E-state index is -4.81. The number of halogens is 3. The predicted octanol–water partition coefficient (Wildman–Crippen LogP) is 3.84. The highest BCUT2D eigenvalue weighted by atomic mass is 32.1. The van der Waals surface area contributed by atoms with Crippen LogP contribution in [0, 0.1) is 0 Å². The van der Waals surface area contributed by atoms with Gasteiger partial charge in [-0.2, -0.15) is 13.2 Å². The molecule has 0 bridgehead atoms. The lowest BCUT2D eigenvalue weighted by Gasteiger charge is -2.14. The highest BCUT2D eigenvalue weighted by molar-refractivity contribution is 7.18. The van der Waals surface area contributed by atoms with E-state index in [1.54, 1.807) is 0 Å². The second kappa shape index (κ2) is 6.08. The Morgan fingerprint density at radius 1 is 1.15 bits per heavy atom. The molecule has 3 heterocycles. The van der Waals surface area contributed by atoms with Crippen LogP contribution in [0.4, 0.5) is 13.2 Å². The molecule has 0 amide bonds. The van der Waals surface area contributed by atoms with E-state index in [9.17, 15) is 23.1 Å². The van der Waals surface area contributed by atoms with Crippen LogP contribution in [0.1, 0.15) is 35.5 Å². The van der Waals surface area contributed by atoms with Crippen LogP contribution in [0.3, 0.4) is 0 Å². The van der Waals surface area contributed by atoms with E-state index in [0.29, 0.717) is 11.0 Å². The minimum Gasteiger partial charge on any atom is -0.506 e. The van der Waals surface area contributed by atoms with Gasteiger partial charge >= 0.3 is 6.18 Å². The van der Waals surface area contributed by atoms with Gasteiger partial charge in [-0.15, -0.1) is 11.3 Å². The third-order valence-electron chi connectivity index (χ3n) is 4.45. The third kappa shape index (κ3) is 2.76. The van der Waals surface area contributed by atoms with Crippen molar-refractivity contribution in [2.45, 2.75) is 38.3 Å². The lowest BCUT2D eigenvalue weighted by atomic mass is 10.1. The predicted molar refractivity (Wildman–Crippen MR) is 90.9 cm³/mol. The number of alkyl halides is 3. The zero-order valence-electron chi connectivity index (χ0n) is 13.5. The van der Waals surface area contributed by atoms with Crippen molar-refractivity contribution in [1.82, 2.24) is 14.5 Å². The summed E-state index contributed by atoms with van der Waals surface area (Å²) in [7, 11) is 0. The summed E-state index contributed by atoms with van der Waals surface area (Å²) in [5.41, 5.74) is 0.0566. The van der Waals surface area contributed by atoms with E-state index in [0.717, 1.165) is 42.3 Å². The number of nitrogens with zero attached hydrogens (tertiary/aromatic N) is 3. The van der Waals surface area contributed by atoms with Crippen LogP contribution >= 0.6 is 11.3 Å². The molecule has 0 atom stereocenters. The first-order valence-corrected chi connectivity index (χ1v) is 8.98. The summed E-state index contributed by atoms with van der Waals surface area (Å²) in [4.78, 5) is 21.7. The lowest BCUT2D eigenvalue weighted by molar-refractivity contribution is -0.146. The molecular weight excluding hydrogens is 367 g/mol. The van der Waals surface area contributed by atoms with Crippen LogP contribution in [0.15, 0.2) is 23.1 Å². The number of rotatable bonds is 1. The molecule has 0 saturated carbocycles. The third-order valence-corrected chi connectivity index (χ3v) is 5.64. The maximum atomic E-state index is 13.6. The summed E-state index contributed by atoms with van der Waals surface area (Å²) in [6.45, 7) is 0. The zero-order chi connectivity index (χ0) is 18.5. The van der Waals surface area contributed by atoms with Crippen molar-refractivity contribution >= 4 is 21.6 Å². The Kier molecular flexibility index (Phi) is 3.98. The van der Waals surface area contributed by atoms with Crippen LogP contribution < -0.4 is 5.56 Å². The van der Waals surface area contributed by atoms with Gasteiger partial charge in [-0.05, 0) is 43.4 Å². The number of pyridine rings is 1. The molecule has 0 fully saturated rings. The van der Waals surface area contributed by atoms with Crippen molar-refractivity contribution in [3.05, 3.63) is 44.9 Å². The molecule has 3 aromatic heterocycles. The largest absolute Gasteiger partial charge is 0.506 e. The Morgan fingerprint density at radius 2 is 1.92 bits per heavy atom. The molecule has 0 aromatic carbocycles. The van der Waals surface area contributed by atoms with E-state index in [-0.39, 0.29) is 21.8 Å². The van der Waals surface area contributed by atoms with Gasteiger partial charge in [0.2, 0.25) is 5.82 Å². The van der Waals surface area contributed by atoms with Gasteiger partial charge in [0.15, 0.2) is 0 Å². The second-order valence-corrected chi connectivity index (χ2v) is 7.28. The van der Waals surface area contributed by atoms with Crippen molar-refractivity contribution < 1.29 is 18.3 Å². The Balaban J connectivity index is 2.07. The number of fused-ring (bicyclic) bond motifs is 3. The van der Waals surface area contributed by atoms with Gasteiger partial charge in [-0.1, -0.05) is 6.42 Å². The Hall–Kier alpha value is -2.42. The summed E-state index contributed by atoms with van der Waals surface area (Å²) in [6.07, 6.45) is 0.505. The van der Waals surface area contributed by atoms with Crippen LogP contribution in [0.25, 0.3) is 16.0 Å². The molecule has 0 unspecified atom stereocenters. The van der Waals surface area contributed by atoms with E-state index in [1.165, 1.54) is 23.5 Å². The van der Waals surface area contributed by atoms with Crippen LogP contribution in [0.2, 0.25) is 0 Å². The normalized spacial score (nSPS) is 15.0. The highest BCUT2D eigenvalue weighted by Crippen LogP contribution is 2.36. The summed E-state index contributed by atoms with van der Waals surface area (Å²) >= 11 is 1.18. The summed E-state index contributed by atoms with van der Waals surface area (Å²) < 4.78 is 41.2. The first-order valence-electron chi connectivity index (χ1n) is 8.16. The fourth-order valence-electron chi connectivity index (χ4n) is 3.29. The molecule has 26 heavy (non-hydrogen) atoms. The van der Waals surface area contributed by atoms with Gasteiger partial charge in [0.1, 0.15) is 16.4 Å². The molecule has 0 aliphatic heterocycles. The van der Waals surface area contributed by atoms with E-state index in [2.05, 4.69) is 9.97 Å². The second-order valence-electron chi connectivity index (χ2n) is 6.19. The van der Waals surface area contributed by atoms with Crippen molar-refractivity contribution in [3.63, 3.8) is 0 Å². The molecule has 0 radical (unpaired) electrons. The van der Waals surface area contributed by atoms with Crippen LogP contribution in [-0.4, -0.2) is 19.6 Å². The van der Waals surface area contributed by atoms with Crippen molar-refractivity contribution in [2.75, 3.05) is 0 Å². The SMILES string of the molecule is O=c1c2c3c(sc2nc(C(F)(F)F)n1-c1ccc(O)cn1)CCCCC3. The molecule has 0 saturated heterocycles. The molecule has 136 valence electrons. The first-order chi connectivity index (χ1) is 12.4. The van der Waals surface area contributed by atoms with E-state index in [4.69, 9.17) is 0 Å². The average Bonchev–Trinajstić information content (AvgIpc) is 2.77. The van der Waals surface area contributed by atoms with Gasteiger partial charge in [0.05, 0.1) is 11.6 Å². The van der Waals surface area contributed by atoms with Gasteiger partial charge in [-0.25, -0.2) is 14.5 Å². The molecule has 3 aromatic rings. The first kappa shape index (κ1) is 17.0. The molecule has 9 heteroatoms. The van der Waals surface area contributed by atoms with Crippen molar-refractivity contribution in [2.24, 2.45) is 0 Å². The lowest BCUT2D eigenvalue weighted by Crippen LogP contribution is -2.29. The average molecular weight is 381 g/mol. The van der Waals surface area contributed by atoms with Crippen molar-refractivity contribution in [3.8, 4) is 11.6 Å². The number of thiophene rings is 1. The Bertz CT molecular complexity index is 1040. The van der Waals surface area contributed by atoms with Crippen LogP contribution in [0.5, 0.6) is 5.75 Å². The highest BCUT2D eigenvalue weighted by Gasteiger charge is 2.39. The summed E-state index contributed by atoms with van der Waals surface area (Å²) in [6, 6.07) is 2.36. The molecule has 5 nitrogen and oxygen atoms in total. The molecular formula is C17H14F3N3O2S. The zero-order valence-corrected chi connectivity index (χ0v) is 14.3. The Morgan fingerprint density at radius 3 is 2.62 bits per heavy atom. The molecule has 4 rings (SSSR count). The number of hydrogen-bond acceptors (Lipinski definition) is 5. The fraction of sp³-hybridized carbons (Fsp3) is 0.353. The maximum absolute atomic E-state index is 13.6.